The van der Waals surface area contributed by atoms with Crippen LogP contribution in [0.15, 0.2) is 43.0 Å². The summed E-state index contributed by atoms with van der Waals surface area (Å²) in [6.07, 6.45) is 11.7. The van der Waals surface area contributed by atoms with Crippen molar-refractivity contribution in [2.24, 2.45) is 11.8 Å². The molecule has 176 valence electrons. The van der Waals surface area contributed by atoms with E-state index >= 15 is 4.39 Å². The second kappa shape index (κ2) is 11.3. The molecule has 0 N–H and O–H groups in total. The van der Waals surface area contributed by atoms with Gasteiger partial charge in [-0.2, -0.15) is 13.2 Å². The van der Waals surface area contributed by atoms with Gasteiger partial charge in [-0.15, -0.1) is 6.58 Å². The van der Waals surface area contributed by atoms with E-state index in [1.807, 2.05) is 25.2 Å². The molecule has 1 aromatic rings. The molecule has 1 aliphatic heterocycles. The molecular weight excluding hydrogens is 416 g/mol. The monoisotopic (exact) mass is 450 g/mol. The summed E-state index contributed by atoms with van der Waals surface area (Å²) in [7, 11) is 0. The third-order valence-corrected chi connectivity index (χ3v) is 6.89. The Morgan fingerprint density at radius 2 is 1.78 bits per heavy atom. The SMILES string of the molecule is C=CC1CCC(/C=C/c2ccc(C3CCC(CC/C=C/C)OC3)c(C(F)(F)F)c2F)CC1. The number of ether oxygens (including phenoxy) is 1. The molecule has 3 rings (SSSR count). The van der Waals surface area contributed by atoms with Crippen LogP contribution in [0.2, 0.25) is 0 Å². The molecule has 0 aromatic heterocycles. The van der Waals surface area contributed by atoms with Gasteiger partial charge in [0.1, 0.15) is 5.82 Å². The minimum atomic E-state index is -4.74. The van der Waals surface area contributed by atoms with E-state index in [2.05, 4.69) is 12.7 Å². The molecule has 0 bridgehead atoms. The maximum Gasteiger partial charge on any atom is 0.419 e. The second-order valence-electron chi connectivity index (χ2n) is 9.08. The summed E-state index contributed by atoms with van der Waals surface area (Å²) in [5, 5.41) is 0. The fourth-order valence-corrected chi connectivity index (χ4v) is 4.90. The normalized spacial score (nSPS) is 27.3. The fraction of sp³-hybridized carbons (Fsp3) is 0.556. The van der Waals surface area contributed by atoms with Crippen LogP contribution in [0.25, 0.3) is 6.08 Å². The summed E-state index contributed by atoms with van der Waals surface area (Å²) in [5.41, 5.74) is -1.10. The molecule has 2 aliphatic rings. The van der Waals surface area contributed by atoms with Gasteiger partial charge in [0.05, 0.1) is 18.3 Å². The quantitative estimate of drug-likeness (QED) is 0.299. The number of halogens is 4. The van der Waals surface area contributed by atoms with E-state index in [0.29, 0.717) is 18.8 Å². The third-order valence-electron chi connectivity index (χ3n) is 6.89. The van der Waals surface area contributed by atoms with Crippen molar-refractivity contribution in [3.63, 3.8) is 0 Å². The maximum absolute atomic E-state index is 15.1. The lowest BCUT2D eigenvalue weighted by atomic mass is 9.81. The molecule has 5 heteroatoms. The Morgan fingerprint density at radius 3 is 2.38 bits per heavy atom. The molecule has 1 aliphatic carbocycles. The van der Waals surface area contributed by atoms with Crippen LogP contribution < -0.4 is 0 Å². The van der Waals surface area contributed by atoms with E-state index in [-0.39, 0.29) is 29.8 Å². The summed E-state index contributed by atoms with van der Waals surface area (Å²) in [5.74, 6) is -0.827. The highest BCUT2D eigenvalue weighted by Crippen LogP contribution is 2.41. The van der Waals surface area contributed by atoms with Gasteiger partial charge >= 0.3 is 6.18 Å². The minimum absolute atomic E-state index is 0.00729. The number of hydrogen-bond donors (Lipinski definition) is 0. The van der Waals surface area contributed by atoms with Crippen molar-refractivity contribution in [3.8, 4) is 0 Å². The van der Waals surface area contributed by atoms with Gasteiger partial charge in [-0.3, -0.25) is 0 Å². The minimum Gasteiger partial charge on any atom is -0.378 e. The molecule has 0 amide bonds. The summed E-state index contributed by atoms with van der Waals surface area (Å²) >= 11 is 0. The number of allylic oxidation sites excluding steroid dienone is 4. The van der Waals surface area contributed by atoms with Crippen molar-refractivity contribution in [1.29, 1.82) is 0 Å². The molecule has 0 spiro atoms. The first-order valence-electron chi connectivity index (χ1n) is 11.8. The highest BCUT2D eigenvalue weighted by Gasteiger charge is 2.40. The molecule has 1 nitrogen and oxygen atoms in total. The lowest BCUT2D eigenvalue weighted by molar-refractivity contribution is -0.141. The van der Waals surface area contributed by atoms with Crippen molar-refractivity contribution >= 4 is 6.08 Å². The van der Waals surface area contributed by atoms with Gasteiger partial charge in [0.2, 0.25) is 0 Å². The van der Waals surface area contributed by atoms with E-state index in [0.717, 1.165) is 38.5 Å². The lowest BCUT2D eigenvalue weighted by Crippen LogP contribution is -2.27. The van der Waals surface area contributed by atoms with E-state index in [1.54, 1.807) is 0 Å². The average molecular weight is 451 g/mol. The van der Waals surface area contributed by atoms with Crippen LogP contribution in [0, 0.1) is 17.7 Å². The summed E-state index contributed by atoms with van der Waals surface area (Å²) in [4.78, 5) is 0. The van der Waals surface area contributed by atoms with Gasteiger partial charge in [0, 0.05) is 11.5 Å². The van der Waals surface area contributed by atoms with Crippen molar-refractivity contribution in [2.75, 3.05) is 6.61 Å². The molecule has 2 fully saturated rings. The van der Waals surface area contributed by atoms with Crippen LogP contribution in [-0.2, 0) is 10.9 Å². The Bertz CT molecular complexity index is 808. The predicted molar refractivity (Wildman–Crippen MR) is 122 cm³/mol. The zero-order valence-corrected chi connectivity index (χ0v) is 18.8. The van der Waals surface area contributed by atoms with E-state index in [4.69, 9.17) is 4.74 Å². The zero-order chi connectivity index (χ0) is 23.1. The topological polar surface area (TPSA) is 9.23 Å². The maximum atomic E-state index is 15.1. The van der Waals surface area contributed by atoms with Crippen LogP contribution in [0.4, 0.5) is 17.6 Å². The summed E-state index contributed by atoms with van der Waals surface area (Å²) < 4.78 is 62.6. The van der Waals surface area contributed by atoms with E-state index in [1.165, 1.54) is 18.2 Å². The van der Waals surface area contributed by atoms with Crippen LogP contribution in [-0.4, -0.2) is 12.7 Å². The zero-order valence-electron chi connectivity index (χ0n) is 18.8. The van der Waals surface area contributed by atoms with E-state index in [9.17, 15) is 13.2 Å². The first kappa shape index (κ1) is 24.8. The van der Waals surface area contributed by atoms with Crippen molar-refractivity contribution in [1.82, 2.24) is 0 Å². The summed E-state index contributed by atoms with van der Waals surface area (Å²) in [6, 6.07) is 2.94. The van der Waals surface area contributed by atoms with Gasteiger partial charge in [-0.25, -0.2) is 4.39 Å². The number of benzene rings is 1. The molecule has 2 atom stereocenters. The fourth-order valence-electron chi connectivity index (χ4n) is 4.90. The Balaban J connectivity index is 1.74. The molecule has 0 radical (unpaired) electrons. The smallest absolute Gasteiger partial charge is 0.378 e. The van der Waals surface area contributed by atoms with Crippen LogP contribution in [0.3, 0.4) is 0 Å². The molecular formula is C27H34F4O. The van der Waals surface area contributed by atoms with Crippen LogP contribution in [0.1, 0.15) is 80.9 Å². The molecule has 32 heavy (non-hydrogen) atoms. The first-order chi connectivity index (χ1) is 15.3. The Hall–Kier alpha value is -1.88. The van der Waals surface area contributed by atoms with Gasteiger partial charge in [0.25, 0.3) is 0 Å². The van der Waals surface area contributed by atoms with Crippen molar-refractivity contribution in [3.05, 3.63) is 65.5 Å². The van der Waals surface area contributed by atoms with E-state index < -0.39 is 23.5 Å². The van der Waals surface area contributed by atoms with Crippen LogP contribution in [0.5, 0.6) is 0 Å². The Labute approximate surface area is 189 Å². The standard InChI is InChI=1S/C27H34F4O/c1-3-5-6-7-23-16-14-22(18-32-23)24-17-15-21(26(28)25(24)27(29,30)31)13-12-20-10-8-19(4-2)9-11-20/h3-5,12-13,15,17,19-20,22-23H,2,6-11,14,16,18H2,1H3/b5-3+,13-12+. The molecule has 2 unspecified atom stereocenters. The number of alkyl halides is 3. The lowest BCUT2D eigenvalue weighted by Gasteiger charge is -2.31. The molecule has 1 heterocycles. The number of hydrogen-bond acceptors (Lipinski definition) is 1. The van der Waals surface area contributed by atoms with Gasteiger partial charge in [-0.05, 0) is 75.7 Å². The second-order valence-corrected chi connectivity index (χ2v) is 9.08. The highest BCUT2D eigenvalue weighted by atomic mass is 19.4. The largest absolute Gasteiger partial charge is 0.419 e. The Kier molecular flexibility index (Phi) is 8.75. The highest BCUT2D eigenvalue weighted by molar-refractivity contribution is 5.54. The predicted octanol–water partition coefficient (Wildman–Crippen LogP) is 8.47. The number of rotatable bonds is 7. The Morgan fingerprint density at radius 1 is 1.06 bits per heavy atom. The first-order valence-corrected chi connectivity index (χ1v) is 11.8. The molecule has 1 aromatic carbocycles. The molecule has 1 saturated heterocycles. The average Bonchev–Trinajstić information content (AvgIpc) is 2.78. The van der Waals surface area contributed by atoms with Gasteiger partial charge in [0.15, 0.2) is 0 Å². The van der Waals surface area contributed by atoms with Crippen LogP contribution >= 0.6 is 0 Å². The third kappa shape index (κ3) is 6.34. The summed E-state index contributed by atoms with van der Waals surface area (Å²) in [6.45, 7) is 5.98. The molecule has 1 saturated carbocycles. The van der Waals surface area contributed by atoms with Gasteiger partial charge in [-0.1, -0.05) is 42.5 Å². The van der Waals surface area contributed by atoms with Crippen molar-refractivity contribution in [2.45, 2.75) is 76.5 Å². The van der Waals surface area contributed by atoms with Gasteiger partial charge < -0.3 is 4.74 Å². The van der Waals surface area contributed by atoms with Crippen molar-refractivity contribution < 1.29 is 22.3 Å².